The Bertz CT molecular complexity index is 727. The molecule has 48 heavy (non-hydrogen) atoms. The maximum Gasteiger partial charge on any atom is 0.306 e. The summed E-state index contributed by atoms with van der Waals surface area (Å²) in [7, 11) is 0. The summed E-state index contributed by atoms with van der Waals surface area (Å²) in [5.41, 5.74) is 0. The fourth-order valence-electron chi connectivity index (χ4n) is 6.35. The van der Waals surface area contributed by atoms with Crippen molar-refractivity contribution >= 4 is 11.9 Å². The number of allylic oxidation sites excluding steroid dienone is 2. The normalized spacial score (nSPS) is 13.5. The number of aliphatic hydroxyl groups is 2. The zero-order chi connectivity index (χ0) is 35.3. The third-order valence-electron chi connectivity index (χ3n) is 9.59. The average molecular weight is 680 g/mol. The molecule has 0 aliphatic carbocycles. The Labute approximate surface area is 298 Å². The number of carbonyl (C=O) groups excluding carboxylic acids is 2. The molecule has 284 valence electrons. The molecule has 0 saturated carbocycles. The summed E-state index contributed by atoms with van der Waals surface area (Å²) >= 11 is 0. The SMILES string of the molecule is CCCC/C=C\CCCCCC(CC(=O)NC(CO)C(O)CCCCCCCCCCCCC)OC(=O)CCCCCCCCCCC. The van der Waals surface area contributed by atoms with E-state index in [-0.39, 0.29) is 24.9 Å². The Kier molecular flexibility index (Phi) is 35.8. The first kappa shape index (κ1) is 46.6. The largest absolute Gasteiger partial charge is 0.462 e. The minimum absolute atomic E-state index is 0.0715. The predicted octanol–water partition coefficient (Wildman–Crippen LogP) is 11.4. The fourth-order valence-corrected chi connectivity index (χ4v) is 6.35. The van der Waals surface area contributed by atoms with Crippen molar-refractivity contribution < 1.29 is 24.5 Å². The summed E-state index contributed by atoms with van der Waals surface area (Å²) in [6.07, 6.45) is 37.0. The van der Waals surface area contributed by atoms with E-state index in [0.717, 1.165) is 64.2 Å². The van der Waals surface area contributed by atoms with Crippen LogP contribution in [0.1, 0.15) is 220 Å². The summed E-state index contributed by atoms with van der Waals surface area (Å²) in [6.45, 7) is 6.39. The molecular formula is C42H81NO5. The van der Waals surface area contributed by atoms with Crippen molar-refractivity contribution in [2.24, 2.45) is 0 Å². The van der Waals surface area contributed by atoms with Crippen LogP contribution in [-0.4, -0.2) is 46.9 Å². The lowest BCUT2D eigenvalue weighted by molar-refractivity contribution is -0.151. The van der Waals surface area contributed by atoms with Crippen LogP contribution in [0.3, 0.4) is 0 Å². The number of esters is 1. The summed E-state index contributed by atoms with van der Waals surface area (Å²) in [4.78, 5) is 25.8. The summed E-state index contributed by atoms with van der Waals surface area (Å²) in [5, 5.41) is 23.5. The van der Waals surface area contributed by atoms with Crippen LogP contribution in [0.25, 0.3) is 0 Å². The third kappa shape index (κ3) is 31.8. The number of hydrogen-bond acceptors (Lipinski definition) is 5. The number of unbranched alkanes of at least 4 members (excludes halogenated alkanes) is 23. The van der Waals surface area contributed by atoms with E-state index in [0.29, 0.717) is 19.3 Å². The van der Waals surface area contributed by atoms with Gasteiger partial charge in [0.1, 0.15) is 6.10 Å². The second kappa shape index (κ2) is 36.9. The quantitative estimate of drug-likeness (QED) is 0.0345. The average Bonchev–Trinajstić information content (AvgIpc) is 3.07. The molecule has 0 spiro atoms. The van der Waals surface area contributed by atoms with Gasteiger partial charge < -0.3 is 20.3 Å². The smallest absolute Gasteiger partial charge is 0.306 e. The molecule has 1 amide bonds. The molecule has 0 fully saturated rings. The van der Waals surface area contributed by atoms with E-state index in [1.165, 1.54) is 109 Å². The fraction of sp³-hybridized carbons (Fsp3) is 0.905. The van der Waals surface area contributed by atoms with Gasteiger partial charge >= 0.3 is 5.97 Å². The molecule has 0 aromatic carbocycles. The maximum absolute atomic E-state index is 13.0. The van der Waals surface area contributed by atoms with Crippen molar-refractivity contribution in [3.8, 4) is 0 Å². The first-order valence-electron chi connectivity index (χ1n) is 20.9. The van der Waals surface area contributed by atoms with Gasteiger partial charge in [-0.25, -0.2) is 0 Å². The van der Waals surface area contributed by atoms with Crippen LogP contribution in [0.15, 0.2) is 12.2 Å². The molecule has 3 atom stereocenters. The Balaban J connectivity index is 4.56. The molecule has 3 N–H and O–H groups in total. The molecule has 3 unspecified atom stereocenters. The highest BCUT2D eigenvalue weighted by molar-refractivity contribution is 5.77. The van der Waals surface area contributed by atoms with E-state index >= 15 is 0 Å². The molecule has 0 aliphatic rings. The predicted molar refractivity (Wildman–Crippen MR) is 204 cm³/mol. The molecule has 0 heterocycles. The van der Waals surface area contributed by atoms with E-state index in [1.54, 1.807) is 0 Å². The summed E-state index contributed by atoms with van der Waals surface area (Å²) < 4.78 is 5.85. The maximum atomic E-state index is 13.0. The third-order valence-corrected chi connectivity index (χ3v) is 9.59. The number of amides is 1. The lowest BCUT2D eigenvalue weighted by Gasteiger charge is -2.24. The van der Waals surface area contributed by atoms with Crippen LogP contribution >= 0.6 is 0 Å². The molecule has 0 aliphatic heterocycles. The van der Waals surface area contributed by atoms with Gasteiger partial charge in [-0.15, -0.1) is 0 Å². The molecule has 0 bridgehead atoms. The van der Waals surface area contributed by atoms with Crippen LogP contribution in [0.4, 0.5) is 0 Å². The highest BCUT2D eigenvalue weighted by Gasteiger charge is 2.24. The zero-order valence-corrected chi connectivity index (χ0v) is 32.1. The van der Waals surface area contributed by atoms with Crippen LogP contribution in [0, 0.1) is 0 Å². The summed E-state index contributed by atoms with van der Waals surface area (Å²) in [5.74, 6) is -0.489. The van der Waals surface area contributed by atoms with E-state index < -0.39 is 18.2 Å². The Morgan fingerprint density at radius 3 is 1.54 bits per heavy atom. The number of aliphatic hydroxyl groups excluding tert-OH is 2. The molecule has 6 nitrogen and oxygen atoms in total. The number of hydrogen-bond donors (Lipinski definition) is 3. The van der Waals surface area contributed by atoms with Gasteiger partial charge in [0.05, 0.1) is 25.2 Å². The molecule has 0 aromatic rings. The van der Waals surface area contributed by atoms with E-state index in [9.17, 15) is 19.8 Å². The van der Waals surface area contributed by atoms with Crippen LogP contribution in [0.5, 0.6) is 0 Å². The van der Waals surface area contributed by atoms with E-state index in [2.05, 4.69) is 38.2 Å². The van der Waals surface area contributed by atoms with Gasteiger partial charge in [-0.05, 0) is 44.9 Å². The topological polar surface area (TPSA) is 95.9 Å². The number of rotatable bonds is 37. The molecule has 6 heteroatoms. The second-order valence-electron chi connectivity index (χ2n) is 14.4. The number of carbonyl (C=O) groups is 2. The van der Waals surface area contributed by atoms with E-state index in [1.807, 2.05) is 0 Å². The van der Waals surface area contributed by atoms with Crippen LogP contribution in [-0.2, 0) is 14.3 Å². The van der Waals surface area contributed by atoms with E-state index in [4.69, 9.17) is 4.74 Å². The Morgan fingerprint density at radius 2 is 1.02 bits per heavy atom. The lowest BCUT2D eigenvalue weighted by atomic mass is 10.0. The molecule has 0 radical (unpaired) electrons. The van der Waals surface area contributed by atoms with Gasteiger partial charge in [-0.3, -0.25) is 9.59 Å². The van der Waals surface area contributed by atoms with Crippen molar-refractivity contribution in [1.29, 1.82) is 0 Å². The van der Waals surface area contributed by atoms with Crippen molar-refractivity contribution in [2.75, 3.05) is 6.61 Å². The van der Waals surface area contributed by atoms with Gasteiger partial charge in [0, 0.05) is 6.42 Å². The zero-order valence-electron chi connectivity index (χ0n) is 32.1. The van der Waals surface area contributed by atoms with Gasteiger partial charge in [-0.1, -0.05) is 174 Å². The Morgan fingerprint density at radius 1 is 0.583 bits per heavy atom. The minimum Gasteiger partial charge on any atom is -0.462 e. The highest BCUT2D eigenvalue weighted by atomic mass is 16.5. The molecule has 0 saturated heterocycles. The molecular weight excluding hydrogens is 598 g/mol. The molecule has 0 aromatic heterocycles. The standard InChI is InChI=1S/C42H81NO5/c1-4-7-10-13-16-19-20-23-25-28-31-34-40(45)39(37-44)43-41(46)36-38(33-30-27-24-21-17-14-11-8-5-2)48-42(47)35-32-29-26-22-18-15-12-9-6-3/h14,17,38-40,44-45H,4-13,15-16,18-37H2,1-3H3,(H,43,46)/b17-14-. The monoisotopic (exact) mass is 680 g/mol. The van der Waals surface area contributed by atoms with Gasteiger partial charge in [0.15, 0.2) is 0 Å². The van der Waals surface area contributed by atoms with Gasteiger partial charge in [0.2, 0.25) is 5.91 Å². The second-order valence-corrected chi connectivity index (χ2v) is 14.4. The van der Waals surface area contributed by atoms with Crippen molar-refractivity contribution in [3.05, 3.63) is 12.2 Å². The molecule has 0 rings (SSSR count). The van der Waals surface area contributed by atoms with Crippen LogP contribution < -0.4 is 5.32 Å². The van der Waals surface area contributed by atoms with Gasteiger partial charge in [0.25, 0.3) is 0 Å². The van der Waals surface area contributed by atoms with Crippen molar-refractivity contribution in [1.82, 2.24) is 5.32 Å². The van der Waals surface area contributed by atoms with Gasteiger partial charge in [-0.2, -0.15) is 0 Å². The number of nitrogens with one attached hydrogen (secondary N) is 1. The first-order valence-corrected chi connectivity index (χ1v) is 20.9. The van der Waals surface area contributed by atoms with Crippen molar-refractivity contribution in [2.45, 2.75) is 238 Å². The lowest BCUT2D eigenvalue weighted by Crippen LogP contribution is -2.46. The first-order chi connectivity index (χ1) is 23.5. The minimum atomic E-state index is -0.782. The summed E-state index contributed by atoms with van der Waals surface area (Å²) in [6, 6.07) is -0.696. The highest BCUT2D eigenvalue weighted by Crippen LogP contribution is 2.17. The van der Waals surface area contributed by atoms with Crippen molar-refractivity contribution in [3.63, 3.8) is 0 Å². The number of ether oxygens (including phenoxy) is 1. The van der Waals surface area contributed by atoms with Crippen LogP contribution in [0.2, 0.25) is 0 Å². The Hall–Kier alpha value is -1.40.